The van der Waals surface area contributed by atoms with Crippen molar-refractivity contribution >= 4 is 5.69 Å². The Hall–Kier alpha value is -1.77. The Bertz CT molecular complexity index is 501. The standard InChI is InChI=1S/C13H15N3/c14-12-8-15-16-13(12)11-7-3-5-9-4-1-2-6-10(9)11/h1-2,4,6,8,11H,3,5,7,14H2,(H,15,16). The van der Waals surface area contributed by atoms with E-state index in [0.717, 1.165) is 17.8 Å². The van der Waals surface area contributed by atoms with E-state index >= 15 is 0 Å². The van der Waals surface area contributed by atoms with Crippen LogP contribution in [-0.2, 0) is 6.42 Å². The van der Waals surface area contributed by atoms with Crippen molar-refractivity contribution in [2.24, 2.45) is 0 Å². The van der Waals surface area contributed by atoms with E-state index in [1.807, 2.05) is 0 Å². The Morgan fingerprint density at radius 1 is 1.31 bits per heavy atom. The van der Waals surface area contributed by atoms with Crippen LogP contribution < -0.4 is 5.73 Å². The van der Waals surface area contributed by atoms with Gasteiger partial charge in [0, 0.05) is 5.92 Å². The van der Waals surface area contributed by atoms with Gasteiger partial charge in [0.25, 0.3) is 0 Å². The summed E-state index contributed by atoms with van der Waals surface area (Å²) in [7, 11) is 0. The summed E-state index contributed by atoms with van der Waals surface area (Å²) in [6, 6.07) is 8.63. The SMILES string of the molecule is Nc1cn[nH]c1C1CCCc2ccccc21. The molecule has 0 radical (unpaired) electrons. The number of nitrogen functional groups attached to an aromatic ring is 1. The Morgan fingerprint density at radius 3 is 3.00 bits per heavy atom. The van der Waals surface area contributed by atoms with Crippen LogP contribution in [-0.4, -0.2) is 10.2 Å². The van der Waals surface area contributed by atoms with Crippen LogP contribution in [0.2, 0.25) is 0 Å². The number of aromatic amines is 1. The fourth-order valence-electron chi connectivity index (χ4n) is 2.64. The number of hydrogen-bond donors (Lipinski definition) is 2. The van der Waals surface area contributed by atoms with Crippen LogP contribution >= 0.6 is 0 Å². The van der Waals surface area contributed by atoms with Crippen molar-refractivity contribution in [3.05, 3.63) is 47.3 Å². The van der Waals surface area contributed by atoms with Crippen LogP contribution in [0.15, 0.2) is 30.5 Å². The molecule has 1 aromatic heterocycles. The normalized spacial score (nSPS) is 19.4. The lowest BCUT2D eigenvalue weighted by Gasteiger charge is -2.24. The molecule has 3 rings (SSSR count). The molecule has 1 atom stereocenters. The third kappa shape index (κ3) is 1.40. The summed E-state index contributed by atoms with van der Waals surface area (Å²) in [4.78, 5) is 0. The molecule has 3 heteroatoms. The Kier molecular flexibility index (Phi) is 2.17. The van der Waals surface area contributed by atoms with E-state index in [-0.39, 0.29) is 0 Å². The molecule has 3 nitrogen and oxygen atoms in total. The van der Waals surface area contributed by atoms with E-state index in [4.69, 9.17) is 5.73 Å². The van der Waals surface area contributed by atoms with Gasteiger partial charge in [-0.1, -0.05) is 24.3 Å². The number of rotatable bonds is 1. The topological polar surface area (TPSA) is 54.7 Å². The third-order valence-corrected chi connectivity index (χ3v) is 3.42. The van der Waals surface area contributed by atoms with Gasteiger partial charge in [-0.05, 0) is 30.4 Å². The number of benzene rings is 1. The minimum absolute atomic E-state index is 0.396. The summed E-state index contributed by atoms with van der Waals surface area (Å²) in [6.07, 6.45) is 5.26. The van der Waals surface area contributed by atoms with E-state index in [1.54, 1.807) is 6.20 Å². The maximum Gasteiger partial charge on any atom is 0.0736 e. The predicted molar refractivity (Wildman–Crippen MR) is 64.2 cm³/mol. The number of H-pyrrole nitrogens is 1. The predicted octanol–water partition coefficient (Wildman–Crippen LogP) is 2.46. The first-order valence-corrected chi connectivity index (χ1v) is 5.73. The second kappa shape index (κ2) is 3.67. The lowest BCUT2D eigenvalue weighted by Crippen LogP contribution is -2.12. The molecule has 0 amide bonds. The molecule has 1 aromatic carbocycles. The number of fused-ring (bicyclic) bond motifs is 1. The molecule has 16 heavy (non-hydrogen) atoms. The second-order valence-corrected chi connectivity index (χ2v) is 4.38. The molecule has 1 heterocycles. The average Bonchev–Trinajstić information content (AvgIpc) is 2.75. The van der Waals surface area contributed by atoms with Crippen LogP contribution in [0.1, 0.15) is 35.6 Å². The van der Waals surface area contributed by atoms with Crippen molar-refractivity contribution in [2.45, 2.75) is 25.2 Å². The van der Waals surface area contributed by atoms with E-state index in [1.165, 1.54) is 24.0 Å². The van der Waals surface area contributed by atoms with E-state index in [2.05, 4.69) is 34.5 Å². The molecule has 1 aliphatic rings. The van der Waals surface area contributed by atoms with Crippen molar-refractivity contribution in [1.29, 1.82) is 0 Å². The van der Waals surface area contributed by atoms with Crippen molar-refractivity contribution in [2.75, 3.05) is 5.73 Å². The van der Waals surface area contributed by atoms with Crippen molar-refractivity contribution < 1.29 is 0 Å². The molecule has 0 aliphatic heterocycles. The second-order valence-electron chi connectivity index (χ2n) is 4.38. The Morgan fingerprint density at radius 2 is 2.19 bits per heavy atom. The molecular formula is C13H15N3. The maximum atomic E-state index is 5.93. The summed E-state index contributed by atoms with van der Waals surface area (Å²) in [6.45, 7) is 0. The summed E-state index contributed by atoms with van der Waals surface area (Å²) >= 11 is 0. The van der Waals surface area contributed by atoms with Gasteiger partial charge in [-0.3, -0.25) is 5.10 Å². The van der Waals surface area contributed by atoms with Gasteiger partial charge >= 0.3 is 0 Å². The van der Waals surface area contributed by atoms with Crippen molar-refractivity contribution in [3.8, 4) is 0 Å². The number of aromatic nitrogens is 2. The molecule has 2 aromatic rings. The van der Waals surface area contributed by atoms with Gasteiger partial charge in [0.15, 0.2) is 0 Å². The zero-order chi connectivity index (χ0) is 11.0. The summed E-state index contributed by atoms with van der Waals surface area (Å²) < 4.78 is 0. The zero-order valence-corrected chi connectivity index (χ0v) is 9.11. The molecule has 0 fully saturated rings. The Labute approximate surface area is 94.7 Å². The maximum absolute atomic E-state index is 5.93. The van der Waals surface area contributed by atoms with Gasteiger partial charge in [0.1, 0.15) is 0 Å². The van der Waals surface area contributed by atoms with E-state index < -0.39 is 0 Å². The van der Waals surface area contributed by atoms with Crippen LogP contribution in [0.3, 0.4) is 0 Å². The minimum atomic E-state index is 0.396. The molecule has 1 unspecified atom stereocenters. The highest BCUT2D eigenvalue weighted by Gasteiger charge is 2.23. The summed E-state index contributed by atoms with van der Waals surface area (Å²) in [5.41, 5.74) is 10.6. The molecule has 82 valence electrons. The highest BCUT2D eigenvalue weighted by molar-refractivity contribution is 5.48. The number of anilines is 1. The lowest BCUT2D eigenvalue weighted by molar-refractivity contribution is 0.604. The van der Waals surface area contributed by atoms with Gasteiger partial charge in [-0.15, -0.1) is 0 Å². The molecule has 0 saturated heterocycles. The van der Waals surface area contributed by atoms with Crippen LogP contribution in [0.5, 0.6) is 0 Å². The molecular weight excluding hydrogens is 198 g/mol. The van der Waals surface area contributed by atoms with Crippen LogP contribution in [0, 0.1) is 0 Å². The highest BCUT2D eigenvalue weighted by Crippen LogP contribution is 2.37. The number of nitrogens with one attached hydrogen (secondary N) is 1. The lowest BCUT2D eigenvalue weighted by atomic mass is 9.81. The van der Waals surface area contributed by atoms with Gasteiger partial charge in [0.2, 0.25) is 0 Å². The summed E-state index contributed by atoms with van der Waals surface area (Å²) in [5, 5.41) is 7.06. The first kappa shape index (κ1) is 9.46. The first-order valence-electron chi connectivity index (χ1n) is 5.73. The average molecular weight is 213 g/mol. The monoisotopic (exact) mass is 213 g/mol. The quantitative estimate of drug-likeness (QED) is 0.764. The van der Waals surface area contributed by atoms with Gasteiger partial charge in [-0.25, -0.2) is 0 Å². The molecule has 3 N–H and O–H groups in total. The molecule has 0 bridgehead atoms. The van der Waals surface area contributed by atoms with Crippen LogP contribution in [0.25, 0.3) is 0 Å². The summed E-state index contributed by atoms with van der Waals surface area (Å²) in [5.74, 6) is 0.396. The van der Waals surface area contributed by atoms with Crippen molar-refractivity contribution in [3.63, 3.8) is 0 Å². The van der Waals surface area contributed by atoms with E-state index in [0.29, 0.717) is 5.92 Å². The number of nitrogens with two attached hydrogens (primary N) is 1. The Balaban J connectivity index is 2.08. The number of nitrogens with zero attached hydrogens (tertiary/aromatic N) is 1. The van der Waals surface area contributed by atoms with Crippen LogP contribution in [0.4, 0.5) is 5.69 Å². The van der Waals surface area contributed by atoms with Crippen molar-refractivity contribution in [1.82, 2.24) is 10.2 Å². The highest BCUT2D eigenvalue weighted by atomic mass is 15.1. The minimum Gasteiger partial charge on any atom is -0.396 e. The number of hydrogen-bond acceptors (Lipinski definition) is 2. The molecule has 0 spiro atoms. The fourth-order valence-corrected chi connectivity index (χ4v) is 2.64. The smallest absolute Gasteiger partial charge is 0.0736 e. The third-order valence-electron chi connectivity index (χ3n) is 3.42. The van der Waals surface area contributed by atoms with Gasteiger partial charge < -0.3 is 5.73 Å². The van der Waals surface area contributed by atoms with Gasteiger partial charge in [0.05, 0.1) is 17.6 Å². The first-order chi connectivity index (χ1) is 7.86. The molecule has 1 aliphatic carbocycles. The van der Waals surface area contributed by atoms with Gasteiger partial charge in [-0.2, -0.15) is 5.10 Å². The number of aryl methyl sites for hydroxylation is 1. The molecule has 0 saturated carbocycles. The van der Waals surface area contributed by atoms with E-state index in [9.17, 15) is 0 Å². The fraction of sp³-hybridized carbons (Fsp3) is 0.308. The largest absolute Gasteiger partial charge is 0.396 e. The zero-order valence-electron chi connectivity index (χ0n) is 9.11.